The Morgan fingerprint density at radius 2 is 1.32 bits per heavy atom. The molecular weight excluding hydrogens is 891 g/mol. The van der Waals surface area contributed by atoms with Crippen molar-refractivity contribution in [1.82, 2.24) is 0 Å². The molecule has 0 saturated carbocycles. The topological polar surface area (TPSA) is 46.4 Å². The number of nitrogens with zero attached hydrogens (tertiary/aromatic N) is 3. The van der Waals surface area contributed by atoms with E-state index in [-0.39, 0.29) is 17.9 Å². The number of aliphatic imine (C=N–C) groups is 2. The van der Waals surface area contributed by atoms with Crippen LogP contribution in [0.1, 0.15) is 83.4 Å². The molecule has 0 bridgehead atoms. The largest absolute Gasteiger partial charge is 0.453 e. The lowest BCUT2D eigenvalue weighted by molar-refractivity contribution is 0.276. The van der Waals surface area contributed by atoms with Crippen LogP contribution in [-0.4, -0.2) is 17.5 Å². The fraction of sp³-hybridized carbons (Fsp3) is 0.118. The highest BCUT2D eigenvalue weighted by atomic mass is 16.6. The van der Waals surface area contributed by atoms with E-state index in [2.05, 4.69) is 236 Å². The maximum atomic E-state index is 7.22. The molecule has 0 N–H and O–H groups in total. The standard InChI is InChI=1S/C68H51N3O2/c1-43-51(44-19-6-2-7-20-44)34-37-57(70-66(43)47-25-12-5-13-26-47)63-52-29-14-15-30-53(52)64-55(63)35-39-61-67(64)72-62-40-38-60-65(68(62)73-61)54-31-16-17-32-59(54)71(60)50-28-18-27-48(41-50)49-33-36-56(45-21-8-3-9-22-45)69-58(42-49)46-23-10-4-11-24-46/h2,4-8,10-35,38-42,60,63,65H,3,9,36-37H2,1H3. The third-order valence-corrected chi connectivity index (χ3v) is 15.5. The molecule has 7 aromatic rings. The minimum atomic E-state index is -0.0897. The number of hydrogen-bond donors (Lipinski definition) is 0. The van der Waals surface area contributed by atoms with Crippen LogP contribution in [0, 0.1) is 0 Å². The quantitative estimate of drug-likeness (QED) is 0.160. The van der Waals surface area contributed by atoms with Crippen molar-refractivity contribution in [3.63, 3.8) is 0 Å². The first kappa shape index (κ1) is 43.0. The molecule has 0 spiro atoms. The van der Waals surface area contributed by atoms with Crippen LogP contribution in [0.2, 0.25) is 0 Å². The smallest absolute Gasteiger partial charge is 0.178 e. The monoisotopic (exact) mass is 941 g/mol. The van der Waals surface area contributed by atoms with Crippen molar-refractivity contribution < 1.29 is 9.47 Å². The second kappa shape index (κ2) is 17.8. The van der Waals surface area contributed by atoms with E-state index < -0.39 is 0 Å². The molecule has 0 amide bonds. The van der Waals surface area contributed by atoms with Gasteiger partial charge in [0.25, 0.3) is 0 Å². The maximum Gasteiger partial charge on any atom is 0.178 e. The van der Waals surface area contributed by atoms with Crippen molar-refractivity contribution in [2.24, 2.45) is 9.98 Å². The van der Waals surface area contributed by atoms with Gasteiger partial charge in [0.1, 0.15) is 0 Å². The minimum absolute atomic E-state index is 0.0352. The molecule has 14 rings (SSSR count). The Labute approximate surface area is 426 Å². The summed E-state index contributed by atoms with van der Waals surface area (Å²) in [6, 6.07) is 62.8. The molecule has 3 aliphatic carbocycles. The number of hydrogen-bond acceptors (Lipinski definition) is 5. The van der Waals surface area contributed by atoms with Gasteiger partial charge in [0.2, 0.25) is 0 Å². The number of fused-ring (bicyclic) bond motifs is 9. The van der Waals surface area contributed by atoms with Crippen LogP contribution in [-0.2, 0) is 0 Å². The molecule has 0 radical (unpaired) electrons. The molecule has 4 aliphatic heterocycles. The summed E-state index contributed by atoms with van der Waals surface area (Å²) in [6.45, 7) is 2.21. The first-order valence-corrected chi connectivity index (χ1v) is 25.7. The minimum Gasteiger partial charge on any atom is -0.453 e. The summed E-state index contributed by atoms with van der Waals surface area (Å²) in [5, 5.41) is 0. The van der Waals surface area contributed by atoms with Crippen molar-refractivity contribution in [3.8, 4) is 22.6 Å². The number of allylic oxidation sites excluding steroid dienone is 11. The molecule has 0 aromatic heterocycles. The van der Waals surface area contributed by atoms with Gasteiger partial charge in [-0.15, -0.1) is 0 Å². The lowest BCUT2D eigenvalue weighted by atomic mass is 9.87. The van der Waals surface area contributed by atoms with E-state index in [0.717, 1.165) is 110 Å². The molecule has 73 heavy (non-hydrogen) atoms. The van der Waals surface area contributed by atoms with Gasteiger partial charge in [0.05, 0.1) is 29.1 Å². The highest BCUT2D eigenvalue weighted by Crippen LogP contribution is 2.59. The zero-order valence-corrected chi connectivity index (χ0v) is 40.6. The fourth-order valence-electron chi connectivity index (χ4n) is 12.1. The van der Waals surface area contributed by atoms with E-state index in [1.807, 2.05) is 0 Å². The van der Waals surface area contributed by atoms with E-state index in [0.29, 0.717) is 6.42 Å². The Morgan fingerprint density at radius 3 is 2.12 bits per heavy atom. The van der Waals surface area contributed by atoms with E-state index in [9.17, 15) is 0 Å². The number of para-hydroxylation sites is 1. The van der Waals surface area contributed by atoms with Crippen molar-refractivity contribution in [2.45, 2.75) is 50.5 Å². The van der Waals surface area contributed by atoms with E-state index >= 15 is 0 Å². The lowest BCUT2D eigenvalue weighted by Crippen LogP contribution is -2.34. The van der Waals surface area contributed by atoms with Gasteiger partial charge >= 0.3 is 0 Å². The molecule has 4 heterocycles. The highest BCUT2D eigenvalue weighted by Gasteiger charge is 2.47. The summed E-state index contributed by atoms with van der Waals surface area (Å²) in [7, 11) is 0. The second-order valence-corrected chi connectivity index (χ2v) is 19.7. The Kier molecular flexibility index (Phi) is 10.5. The number of anilines is 2. The Bertz CT molecular complexity index is 3750. The van der Waals surface area contributed by atoms with Gasteiger partial charge in [0.15, 0.2) is 23.0 Å². The highest BCUT2D eigenvalue weighted by molar-refractivity contribution is 6.09. The second-order valence-electron chi connectivity index (χ2n) is 19.7. The lowest BCUT2D eigenvalue weighted by Gasteiger charge is -2.35. The summed E-state index contributed by atoms with van der Waals surface area (Å²) in [6.07, 6.45) is 21.8. The van der Waals surface area contributed by atoms with E-state index in [1.165, 1.54) is 39.0 Å². The molecule has 5 nitrogen and oxygen atoms in total. The van der Waals surface area contributed by atoms with Crippen LogP contribution in [0.3, 0.4) is 0 Å². The molecule has 7 aliphatic rings. The molecule has 350 valence electrons. The van der Waals surface area contributed by atoms with Crippen LogP contribution in [0.5, 0.6) is 11.5 Å². The molecule has 7 aromatic carbocycles. The van der Waals surface area contributed by atoms with Gasteiger partial charge < -0.3 is 14.4 Å². The van der Waals surface area contributed by atoms with Crippen molar-refractivity contribution >= 4 is 45.3 Å². The average molecular weight is 942 g/mol. The first-order chi connectivity index (χ1) is 36.1. The molecular formula is C68H51N3O2. The SMILES string of the molecule is CC1=C(c2ccccc2)N=C(C2c3ccccc3-c3c2ccc2c3OC3=C(O2)C2c4ccccc4N(c4cccc(C5=CCC(C6=CCCC=C6)=NC(c6ccccc6)=C5)c4)C2C=C3)CC=C1c1ccccc1. The maximum absolute atomic E-state index is 7.22. The molecule has 3 atom stereocenters. The third kappa shape index (κ3) is 7.37. The van der Waals surface area contributed by atoms with Crippen LogP contribution in [0.15, 0.2) is 257 Å². The number of rotatable bonds is 7. The first-order valence-electron chi connectivity index (χ1n) is 25.7. The van der Waals surface area contributed by atoms with Crippen LogP contribution >= 0.6 is 0 Å². The van der Waals surface area contributed by atoms with Gasteiger partial charge in [-0.3, -0.25) is 9.98 Å². The predicted octanol–water partition coefficient (Wildman–Crippen LogP) is 16.6. The van der Waals surface area contributed by atoms with Gasteiger partial charge in [-0.1, -0.05) is 188 Å². The van der Waals surface area contributed by atoms with Crippen molar-refractivity contribution in [2.75, 3.05) is 4.90 Å². The van der Waals surface area contributed by atoms with Crippen molar-refractivity contribution in [3.05, 3.63) is 286 Å². The van der Waals surface area contributed by atoms with Gasteiger partial charge in [0, 0.05) is 52.5 Å². The molecule has 5 heteroatoms. The normalized spacial score (nSPS) is 20.2. The number of ether oxygens (including phenoxy) is 2. The van der Waals surface area contributed by atoms with Crippen LogP contribution < -0.4 is 14.4 Å². The van der Waals surface area contributed by atoms with E-state index in [4.69, 9.17) is 19.5 Å². The van der Waals surface area contributed by atoms with Gasteiger partial charge in [-0.2, -0.15) is 0 Å². The fourth-order valence-corrected chi connectivity index (χ4v) is 12.1. The van der Waals surface area contributed by atoms with Gasteiger partial charge in [-0.25, -0.2) is 0 Å². The Morgan fingerprint density at radius 1 is 0.575 bits per heavy atom. The summed E-state index contributed by atoms with van der Waals surface area (Å²) >= 11 is 0. The Hall–Kier alpha value is -8.80. The summed E-state index contributed by atoms with van der Waals surface area (Å²) in [5.74, 6) is 2.93. The summed E-state index contributed by atoms with van der Waals surface area (Å²) in [5.41, 5.74) is 21.7. The van der Waals surface area contributed by atoms with Crippen LogP contribution in [0.25, 0.3) is 33.7 Å². The Balaban J connectivity index is 0.811. The number of benzene rings is 7. The summed E-state index contributed by atoms with van der Waals surface area (Å²) in [4.78, 5) is 13.5. The van der Waals surface area contributed by atoms with Crippen LogP contribution in [0.4, 0.5) is 11.4 Å². The predicted molar refractivity (Wildman–Crippen MR) is 299 cm³/mol. The zero-order chi connectivity index (χ0) is 48.4. The molecule has 3 unspecified atom stereocenters. The zero-order valence-electron chi connectivity index (χ0n) is 40.6. The molecule has 0 fully saturated rings. The van der Waals surface area contributed by atoms with Crippen molar-refractivity contribution in [1.29, 1.82) is 0 Å². The van der Waals surface area contributed by atoms with E-state index in [1.54, 1.807) is 0 Å². The summed E-state index contributed by atoms with van der Waals surface area (Å²) < 4.78 is 14.4. The molecule has 0 saturated heterocycles. The van der Waals surface area contributed by atoms with Gasteiger partial charge in [-0.05, 0) is 112 Å². The third-order valence-electron chi connectivity index (χ3n) is 15.5. The average Bonchev–Trinajstić information content (AvgIpc) is 3.79.